The zero-order valence-electron chi connectivity index (χ0n) is 9.05. The molecule has 16 heavy (non-hydrogen) atoms. The molecule has 1 rings (SSSR count). The van der Waals surface area contributed by atoms with E-state index in [4.69, 9.17) is 0 Å². The van der Waals surface area contributed by atoms with Crippen molar-refractivity contribution in [1.82, 2.24) is 0 Å². The molecule has 0 amide bonds. The largest absolute Gasteiger partial charge is 0.612 e. The fourth-order valence-electron chi connectivity index (χ4n) is 1.16. The molecule has 0 aliphatic rings. The molecule has 0 saturated carbocycles. The molecule has 0 bridgehead atoms. The highest BCUT2D eigenvalue weighted by Crippen LogP contribution is 2.30. The van der Waals surface area contributed by atoms with Crippen molar-refractivity contribution in [2.45, 2.75) is 19.6 Å². The number of hydrogen-bond acceptors (Lipinski definition) is 4. The summed E-state index contributed by atoms with van der Waals surface area (Å²) >= 11 is 0.548. The zero-order chi connectivity index (χ0) is 12.5. The van der Waals surface area contributed by atoms with Crippen molar-refractivity contribution in [3.8, 4) is 0 Å². The van der Waals surface area contributed by atoms with Crippen molar-refractivity contribution in [2.24, 2.45) is 0 Å². The van der Waals surface area contributed by atoms with Gasteiger partial charge in [-0.15, -0.1) is 12.6 Å². The Morgan fingerprint density at radius 2 is 1.25 bits per heavy atom. The summed E-state index contributed by atoms with van der Waals surface area (Å²) in [5.41, 5.74) is 0. The van der Waals surface area contributed by atoms with Gasteiger partial charge in [-0.2, -0.15) is 0 Å². The second-order valence-electron chi connectivity index (χ2n) is 3.13. The average Bonchev–Trinajstić information content (AvgIpc) is 2.16. The summed E-state index contributed by atoms with van der Waals surface area (Å²) in [6, 6.07) is 3.18. The Morgan fingerprint density at radius 3 is 1.50 bits per heavy atom. The molecule has 0 aliphatic carbocycles. The monoisotopic (exact) mass is 296 g/mol. The second-order valence-corrected chi connectivity index (χ2v) is 7.65. The Kier molecular flexibility index (Phi) is 5.37. The lowest BCUT2D eigenvalue weighted by Gasteiger charge is -2.14. The first-order valence-electron chi connectivity index (χ1n) is 4.22. The predicted molar refractivity (Wildman–Crippen MR) is 70.7 cm³/mol. The molecule has 0 aliphatic heterocycles. The molecule has 3 unspecified atom stereocenters. The lowest BCUT2D eigenvalue weighted by Crippen LogP contribution is -2.09. The molecule has 0 radical (unpaired) electrons. The third-order valence-corrected chi connectivity index (χ3v) is 5.53. The maximum Gasteiger partial charge on any atom is 0.175 e. The summed E-state index contributed by atoms with van der Waals surface area (Å²) in [4.78, 5) is 1.92. The molecule has 0 fully saturated rings. The van der Waals surface area contributed by atoms with Gasteiger partial charge in [-0.25, -0.2) is 0 Å². The van der Waals surface area contributed by atoms with Crippen molar-refractivity contribution in [2.75, 3.05) is 18.8 Å². The number of thiol groups is 1. The summed E-state index contributed by atoms with van der Waals surface area (Å²) in [6.07, 6.45) is 4.55. The van der Waals surface area contributed by atoms with Gasteiger partial charge in [-0.1, -0.05) is 0 Å². The van der Waals surface area contributed by atoms with Crippen molar-refractivity contribution in [3.05, 3.63) is 12.1 Å². The van der Waals surface area contributed by atoms with Gasteiger partial charge < -0.3 is 13.7 Å². The summed E-state index contributed by atoms with van der Waals surface area (Å²) < 4.78 is 34.4. The Bertz CT molecular complexity index is 350. The Labute approximate surface area is 110 Å². The van der Waals surface area contributed by atoms with Gasteiger partial charge in [0.15, 0.2) is 14.7 Å². The molecular weight excluding hydrogens is 284 g/mol. The molecule has 1 aromatic rings. The highest BCUT2D eigenvalue weighted by Gasteiger charge is 2.24. The minimum atomic E-state index is -1.24. The van der Waals surface area contributed by atoms with Crippen LogP contribution in [0, 0.1) is 0 Å². The minimum Gasteiger partial charge on any atom is -0.612 e. The van der Waals surface area contributed by atoms with Gasteiger partial charge in [-0.3, -0.25) is 0 Å². The van der Waals surface area contributed by atoms with Crippen molar-refractivity contribution in [1.29, 1.82) is 0 Å². The third-order valence-electron chi connectivity index (χ3n) is 1.96. The summed E-state index contributed by atoms with van der Waals surface area (Å²) in [5, 5.41) is 0. The zero-order valence-corrected chi connectivity index (χ0v) is 12.4. The van der Waals surface area contributed by atoms with Gasteiger partial charge in [0.1, 0.15) is 23.7 Å². The number of hydrogen-bond donors (Lipinski definition) is 1. The van der Waals surface area contributed by atoms with E-state index >= 15 is 0 Å². The topological polar surface area (TPSA) is 69.2 Å². The lowest BCUT2D eigenvalue weighted by atomic mass is 10.3. The number of rotatable bonds is 3. The quantitative estimate of drug-likeness (QED) is 0.673. The third kappa shape index (κ3) is 3.25. The van der Waals surface area contributed by atoms with Gasteiger partial charge >= 0.3 is 0 Å². The SMILES string of the molecule is C[S+]([O-])c1cc([S+](C)[O-])c(S)c([S+](C)[O-])c1. The van der Waals surface area contributed by atoms with Gasteiger partial charge in [0, 0.05) is 12.1 Å². The van der Waals surface area contributed by atoms with E-state index in [0.29, 0.717) is 19.6 Å². The van der Waals surface area contributed by atoms with Crippen LogP contribution in [0.3, 0.4) is 0 Å². The lowest BCUT2D eigenvalue weighted by molar-refractivity contribution is 0.590. The maximum absolute atomic E-state index is 11.5. The smallest absolute Gasteiger partial charge is 0.175 e. The van der Waals surface area contributed by atoms with E-state index in [0.717, 1.165) is 0 Å². The van der Waals surface area contributed by atoms with E-state index in [1.54, 1.807) is 12.1 Å². The van der Waals surface area contributed by atoms with E-state index in [1.807, 2.05) is 0 Å². The standard InChI is InChI=1S/C9H12O3S4/c1-14(10)6-4-7(15(2)11)9(13)8(5-6)16(3)12/h4-5,13H,1-3H3. The molecule has 0 aromatic heterocycles. The van der Waals surface area contributed by atoms with Crippen LogP contribution in [-0.2, 0) is 33.5 Å². The van der Waals surface area contributed by atoms with Crippen LogP contribution in [0.25, 0.3) is 0 Å². The predicted octanol–water partition coefficient (Wildman–Crippen LogP) is 1.19. The Balaban J connectivity index is 3.39. The van der Waals surface area contributed by atoms with Gasteiger partial charge in [0.05, 0.1) is 0 Å². The molecule has 7 heteroatoms. The van der Waals surface area contributed by atoms with Crippen LogP contribution in [0.5, 0.6) is 0 Å². The molecule has 1 aromatic carbocycles. The Morgan fingerprint density at radius 1 is 0.875 bits per heavy atom. The summed E-state index contributed by atoms with van der Waals surface area (Å²) in [5.74, 6) is 0. The maximum atomic E-state index is 11.5. The van der Waals surface area contributed by atoms with Crippen molar-refractivity contribution >= 4 is 46.2 Å². The first-order chi connectivity index (χ1) is 7.34. The van der Waals surface area contributed by atoms with Crippen molar-refractivity contribution in [3.63, 3.8) is 0 Å². The molecule has 0 heterocycles. The molecule has 3 nitrogen and oxygen atoms in total. The van der Waals surface area contributed by atoms with Crippen LogP contribution >= 0.6 is 12.6 Å². The second kappa shape index (κ2) is 5.90. The van der Waals surface area contributed by atoms with Crippen LogP contribution in [0.1, 0.15) is 0 Å². The highest BCUT2D eigenvalue weighted by molar-refractivity contribution is 7.93. The van der Waals surface area contributed by atoms with E-state index in [-0.39, 0.29) is 0 Å². The fourth-order valence-corrected chi connectivity index (χ4v) is 4.19. The van der Waals surface area contributed by atoms with E-state index < -0.39 is 33.5 Å². The first kappa shape index (κ1) is 14.6. The van der Waals surface area contributed by atoms with E-state index in [1.165, 1.54) is 18.8 Å². The highest BCUT2D eigenvalue weighted by atomic mass is 32.2. The van der Waals surface area contributed by atoms with Crippen LogP contribution in [0.15, 0.2) is 31.7 Å². The van der Waals surface area contributed by atoms with Gasteiger partial charge in [-0.05, 0) is 33.5 Å². The van der Waals surface area contributed by atoms with Gasteiger partial charge in [0.2, 0.25) is 0 Å². The van der Waals surface area contributed by atoms with Gasteiger partial charge in [0.25, 0.3) is 0 Å². The molecule has 0 spiro atoms. The molecular formula is C9H12O3S4. The first-order valence-corrected chi connectivity index (χ1v) is 9.34. The van der Waals surface area contributed by atoms with E-state index in [9.17, 15) is 13.7 Å². The summed E-state index contributed by atoms with van der Waals surface area (Å²) in [7, 11) is 0. The summed E-state index contributed by atoms with van der Waals surface area (Å²) in [6.45, 7) is 0. The minimum absolute atomic E-state index is 0.455. The average molecular weight is 296 g/mol. The van der Waals surface area contributed by atoms with Crippen LogP contribution in [0.4, 0.5) is 0 Å². The fraction of sp³-hybridized carbons (Fsp3) is 0.333. The molecule has 0 N–H and O–H groups in total. The molecule has 90 valence electrons. The van der Waals surface area contributed by atoms with Crippen LogP contribution in [0.2, 0.25) is 0 Å². The normalized spacial score (nSPS) is 16.9. The molecule has 3 atom stereocenters. The Hall–Kier alpha value is 0.500. The van der Waals surface area contributed by atoms with E-state index in [2.05, 4.69) is 12.6 Å². The number of benzene rings is 1. The van der Waals surface area contributed by atoms with Crippen molar-refractivity contribution < 1.29 is 13.7 Å². The van der Waals surface area contributed by atoms with Crippen LogP contribution < -0.4 is 0 Å². The molecule has 0 saturated heterocycles. The van der Waals surface area contributed by atoms with Crippen LogP contribution in [-0.4, -0.2) is 32.4 Å².